The summed E-state index contributed by atoms with van der Waals surface area (Å²) in [5.74, 6) is 1.65. The number of benzene rings is 2. The van der Waals surface area contributed by atoms with E-state index in [0.717, 1.165) is 87.5 Å². The molecule has 0 bridgehead atoms. The van der Waals surface area contributed by atoms with Crippen molar-refractivity contribution in [2.24, 2.45) is 10.2 Å². The molecule has 4 unspecified atom stereocenters. The summed E-state index contributed by atoms with van der Waals surface area (Å²) < 4.78 is 34.0. The number of unbranched alkanes of at least 4 members (excludes halogenated alkanes) is 6. The van der Waals surface area contributed by atoms with E-state index in [1.54, 1.807) is 13.8 Å². The van der Waals surface area contributed by atoms with Crippen LogP contribution in [0.5, 0.6) is 11.5 Å². The van der Waals surface area contributed by atoms with Crippen molar-refractivity contribution < 1.29 is 38.6 Å². The summed E-state index contributed by atoms with van der Waals surface area (Å²) >= 11 is 0. The Bertz CT molecular complexity index is 936. The molecule has 4 atom stereocenters. The summed E-state index contributed by atoms with van der Waals surface area (Å²) in [6.07, 6.45) is 7.49. The molecule has 10 nitrogen and oxygen atoms in total. The van der Waals surface area contributed by atoms with E-state index in [0.29, 0.717) is 39.6 Å². The van der Waals surface area contributed by atoms with Crippen LogP contribution in [-0.2, 0) is 18.9 Å². The maximum Gasteiger partial charge on any atom is 0.119 e. The van der Waals surface area contributed by atoms with Crippen LogP contribution in [0.4, 0.5) is 11.4 Å². The van der Waals surface area contributed by atoms with E-state index in [2.05, 4.69) is 10.2 Å². The standard InChI is InChI=1S/C36H58N2O8/c1-29(39)25-45-31(3)27-41-21-9-5-7-11-23-43-35-17-13-33(14-18-35)37-38-34-15-19-36(20-16-34)44-24-12-8-6-10-22-42-28-32(4)46-26-30(2)40/h13-20,29-32,39-40H,5-12,21-28H2,1-4H3. The Labute approximate surface area is 276 Å². The van der Waals surface area contributed by atoms with Crippen LogP contribution in [0.2, 0.25) is 0 Å². The number of nitrogens with zero attached hydrogens (tertiary/aromatic N) is 2. The maximum absolute atomic E-state index is 9.24. The van der Waals surface area contributed by atoms with Gasteiger partial charge in [-0.3, -0.25) is 0 Å². The van der Waals surface area contributed by atoms with Crippen molar-refractivity contribution in [1.82, 2.24) is 0 Å². The van der Waals surface area contributed by atoms with Gasteiger partial charge < -0.3 is 38.6 Å². The molecule has 2 aromatic carbocycles. The Kier molecular flexibility index (Phi) is 21.9. The highest BCUT2D eigenvalue weighted by atomic mass is 16.5. The molecule has 0 aliphatic rings. The fourth-order valence-electron chi connectivity index (χ4n) is 4.23. The van der Waals surface area contributed by atoms with Gasteiger partial charge in [0.15, 0.2) is 0 Å². The Morgan fingerprint density at radius 2 is 0.826 bits per heavy atom. The lowest BCUT2D eigenvalue weighted by molar-refractivity contribution is -0.0369. The molecule has 0 radical (unpaired) electrons. The molecule has 0 amide bonds. The normalized spacial score (nSPS) is 14.3. The third-order valence-corrected chi connectivity index (χ3v) is 6.81. The van der Waals surface area contributed by atoms with E-state index in [-0.39, 0.29) is 12.2 Å². The Morgan fingerprint density at radius 1 is 0.478 bits per heavy atom. The molecule has 0 heterocycles. The highest BCUT2D eigenvalue weighted by Crippen LogP contribution is 2.23. The van der Waals surface area contributed by atoms with Crippen LogP contribution in [0, 0.1) is 0 Å². The van der Waals surface area contributed by atoms with E-state index < -0.39 is 12.2 Å². The lowest BCUT2D eigenvalue weighted by Gasteiger charge is -2.14. The van der Waals surface area contributed by atoms with Gasteiger partial charge in [-0.2, -0.15) is 10.2 Å². The number of aliphatic hydroxyl groups is 2. The van der Waals surface area contributed by atoms with Gasteiger partial charge in [-0.25, -0.2) is 0 Å². The molecule has 0 saturated carbocycles. The lowest BCUT2D eigenvalue weighted by atomic mass is 10.2. The predicted octanol–water partition coefficient (Wildman–Crippen LogP) is 7.59. The van der Waals surface area contributed by atoms with Crippen LogP contribution in [-0.4, -0.2) is 87.5 Å². The molecule has 0 aromatic heterocycles. The Balaban J connectivity index is 1.48. The van der Waals surface area contributed by atoms with Crippen molar-refractivity contribution in [3.63, 3.8) is 0 Å². The Hall–Kier alpha value is -2.60. The third kappa shape index (κ3) is 21.2. The minimum absolute atomic E-state index is 0.00331. The summed E-state index contributed by atoms with van der Waals surface area (Å²) in [7, 11) is 0. The van der Waals surface area contributed by atoms with Crippen molar-refractivity contribution >= 4 is 11.4 Å². The summed E-state index contributed by atoms with van der Waals surface area (Å²) in [4.78, 5) is 0. The molecule has 2 aromatic rings. The van der Waals surface area contributed by atoms with Crippen molar-refractivity contribution in [3.05, 3.63) is 48.5 Å². The molecule has 0 aliphatic heterocycles. The smallest absolute Gasteiger partial charge is 0.119 e. The van der Waals surface area contributed by atoms with Crippen molar-refractivity contribution in [3.8, 4) is 11.5 Å². The molecule has 2 rings (SSSR count). The van der Waals surface area contributed by atoms with Gasteiger partial charge in [0.1, 0.15) is 11.5 Å². The lowest BCUT2D eigenvalue weighted by Crippen LogP contribution is -2.21. The largest absolute Gasteiger partial charge is 0.494 e. The van der Waals surface area contributed by atoms with E-state index >= 15 is 0 Å². The second-order valence-electron chi connectivity index (χ2n) is 11.8. The van der Waals surface area contributed by atoms with Gasteiger partial charge >= 0.3 is 0 Å². The first-order valence-electron chi connectivity index (χ1n) is 16.9. The van der Waals surface area contributed by atoms with Gasteiger partial charge in [0.2, 0.25) is 0 Å². The molecular formula is C36H58N2O8. The quantitative estimate of drug-likeness (QED) is 0.0717. The van der Waals surface area contributed by atoms with Crippen LogP contribution in [0.15, 0.2) is 58.8 Å². The second-order valence-corrected chi connectivity index (χ2v) is 11.8. The van der Waals surface area contributed by atoms with Gasteiger partial charge in [-0.1, -0.05) is 12.8 Å². The number of hydrogen-bond donors (Lipinski definition) is 2. The highest BCUT2D eigenvalue weighted by molar-refractivity contribution is 5.44. The van der Waals surface area contributed by atoms with E-state index in [1.807, 2.05) is 62.4 Å². The summed E-state index contributed by atoms with van der Waals surface area (Å²) in [6.45, 7) is 11.9. The summed E-state index contributed by atoms with van der Waals surface area (Å²) in [5.41, 5.74) is 1.53. The highest BCUT2D eigenvalue weighted by Gasteiger charge is 2.06. The van der Waals surface area contributed by atoms with Crippen LogP contribution >= 0.6 is 0 Å². The van der Waals surface area contributed by atoms with Crippen LogP contribution in [0.1, 0.15) is 79.1 Å². The molecule has 0 saturated heterocycles. The number of rotatable bonds is 28. The minimum atomic E-state index is -0.446. The van der Waals surface area contributed by atoms with E-state index in [1.165, 1.54) is 0 Å². The maximum atomic E-state index is 9.24. The molecule has 260 valence electrons. The molecular weight excluding hydrogens is 588 g/mol. The summed E-state index contributed by atoms with van der Waals surface area (Å²) in [6, 6.07) is 15.3. The van der Waals surface area contributed by atoms with Crippen molar-refractivity contribution in [2.45, 2.75) is 103 Å². The van der Waals surface area contributed by atoms with Crippen LogP contribution in [0.3, 0.4) is 0 Å². The number of aliphatic hydroxyl groups excluding tert-OH is 2. The molecule has 0 spiro atoms. The topological polar surface area (TPSA) is 121 Å². The van der Waals surface area contributed by atoms with Gasteiger partial charge in [0, 0.05) is 13.2 Å². The number of ether oxygens (including phenoxy) is 6. The van der Waals surface area contributed by atoms with Gasteiger partial charge in [0.25, 0.3) is 0 Å². The van der Waals surface area contributed by atoms with Gasteiger partial charge in [-0.15, -0.1) is 0 Å². The fourth-order valence-corrected chi connectivity index (χ4v) is 4.23. The van der Waals surface area contributed by atoms with Crippen molar-refractivity contribution in [1.29, 1.82) is 0 Å². The SMILES string of the molecule is CC(O)COC(C)COCCCCCCOc1ccc(N=Nc2ccc(OCCCCCCOCC(C)OCC(C)O)cc2)cc1. The first kappa shape index (κ1) is 39.6. The molecule has 10 heteroatoms. The number of hydrogen-bond acceptors (Lipinski definition) is 10. The Morgan fingerprint density at radius 3 is 1.17 bits per heavy atom. The molecule has 0 fully saturated rings. The summed E-state index contributed by atoms with van der Waals surface area (Å²) in [5, 5.41) is 27.1. The van der Waals surface area contributed by atoms with Crippen LogP contribution < -0.4 is 9.47 Å². The predicted molar refractivity (Wildman–Crippen MR) is 181 cm³/mol. The van der Waals surface area contributed by atoms with Gasteiger partial charge in [0.05, 0.1) is 75.4 Å². The zero-order valence-corrected chi connectivity index (χ0v) is 28.5. The first-order valence-corrected chi connectivity index (χ1v) is 16.9. The number of azo groups is 1. The van der Waals surface area contributed by atoms with E-state index in [9.17, 15) is 10.2 Å². The average molecular weight is 647 g/mol. The molecule has 0 aliphatic carbocycles. The average Bonchev–Trinajstić information content (AvgIpc) is 3.05. The zero-order chi connectivity index (χ0) is 33.2. The zero-order valence-electron chi connectivity index (χ0n) is 28.5. The van der Waals surface area contributed by atoms with Gasteiger partial charge in [-0.05, 0) is 115 Å². The fraction of sp³-hybridized carbons (Fsp3) is 0.667. The second kappa shape index (κ2) is 25.5. The first-order chi connectivity index (χ1) is 22.3. The monoisotopic (exact) mass is 646 g/mol. The molecule has 2 N–H and O–H groups in total. The molecule has 46 heavy (non-hydrogen) atoms. The van der Waals surface area contributed by atoms with Crippen LogP contribution in [0.25, 0.3) is 0 Å². The minimum Gasteiger partial charge on any atom is -0.494 e. The van der Waals surface area contributed by atoms with Crippen molar-refractivity contribution in [2.75, 3.05) is 52.9 Å². The third-order valence-electron chi connectivity index (χ3n) is 6.81. The van der Waals surface area contributed by atoms with E-state index in [4.69, 9.17) is 28.4 Å².